The quantitative estimate of drug-likeness (QED) is 0.533. The minimum atomic E-state index is -0.0528. The first-order valence-corrected chi connectivity index (χ1v) is 8.67. The van der Waals surface area contributed by atoms with Gasteiger partial charge in [-0.1, -0.05) is 0 Å². The van der Waals surface area contributed by atoms with Crippen molar-refractivity contribution in [1.29, 1.82) is 0 Å². The molecule has 0 aliphatic carbocycles. The molecule has 3 aromatic rings. The van der Waals surface area contributed by atoms with Crippen molar-refractivity contribution in [2.75, 3.05) is 0 Å². The molecule has 1 saturated heterocycles. The highest BCUT2D eigenvalue weighted by Crippen LogP contribution is 2.46. The van der Waals surface area contributed by atoms with Crippen molar-refractivity contribution in [3.05, 3.63) is 47.2 Å². The van der Waals surface area contributed by atoms with Gasteiger partial charge in [0.2, 0.25) is 0 Å². The van der Waals surface area contributed by atoms with Crippen LogP contribution in [0.15, 0.2) is 29.6 Å². The summed E-state index contributed by atoms with van der Waals surface area (Å²) >= 11 is 5.96. The molecule has 3 aromatic heterocycles. The predicted octanol–water partition coefficient (Wildman–Crippen LogP) is 2.29. The van der Waals surface area contributed by atoms with Gasteiger partial charge in [-0.2, -0.15) is 10.2 Å². The van der Waals surface area contributed by atoms with E-state index >= 15 is 0 Å². The van der Waals surface area contributed by atoms with E-state index in [-0.39, 0.29) is 12.3 Å². The Bertz CT molecular complexity index is 1010. The van der Waals surface area contributed by atoms with Crippen molar-refractivity contribution < 1.29 is 4.74 Å². The third kappa shape index (κ3) is 2.26. The monoisotopic (exact) mass is 356 g/mol. The summed E-state index contributed by atoms with van der Waals surface area (Å²) in [6, 6.07) is 4.04. The lowest BCUT2D eigenvalue weighted by molar-refractivity contribution is 0.172. The molecule has 7 nitrogen and oxygen atoms in total. The van der Waals surface area contributed by atoms with Crippen LogP contribution in [0.2, 0.25) is 0 Å². The largest absolute Gasteiger partial charge is 0.343 e. The van der Waals surface area contributed by atoms with Crippen LogP contribution in [0.5, 0.6) is 0 Å². The van der Waals surface area contributed by atoms with Gasteiger partial charge < -0.3 is 9.30 Å². The molecular weight excluding hydrogens is 340 g/mol. The Balaban J connectivity index is 1.57. The maximum Gasteiger partial charge on any atom is 0.178 e. The average molecular weight is 357 g/mol. The molecule has 2 unspecified atom stereocenters. The first kappa shape index (κ1) is 14.9. The number of halogens is 1. The Hall–Kier alpha value is -2.38. The van der Waals surface area contributed by atoms with Crippen LogP contribution < -0.4 is 0 Å². The summed E-state index contributed by atoms with van der Waals surface area (Å²) in [6.45, 7) is 0.624. The van der Waals surface area contributed by atoms with Crippen molar-refractivity contribution in [3.63, 3.8) is 0 Å². The maximum atomic E-state index is 5.96. The molecule has 5 heterocycles. The van der Waals surface area contributed by atoms with E-state index in [1.807, 2.05) is 49.8 Å². The number of alkyl halides is 1. The molecule has 25 heavy (non-hydrogen) atoms. The van der Waals surface area contributed by atoms with Gasteiger partial charge in [-0.3, -0.25) is 14.7 Å². The van der Waals surface area contributed by atoms with Gasteiger partial charge in [-0.05, 0) is 12.1 Å². The summed E-state index contributed by atoms with van der Waals surface area (Å²) in [5, 5.41) is 12.2. The van der Waals surface area contributed by atoms with Crippen LogP contribution in [-0.2, 0) is 31.3 Å². The second-order valence-corrected chi connectivity index (χ2v) is 6.72. The topological polar surface area (TPSA) is 63.8 Å². The van der Waals surface area contributed by atoms with E-state index in [1.165, 1.54) is 0 Å². The Morgan fingerprint density at radius 1 is 1.28 bits per heavy atom. The van der Waals surface area contributed by atoms with Crippen molar-refractivity contribution in [2.24, 2.45) is 19.2 Å². The van der Waals surface area contributed by atoms with Gasteiger partial charge in [0, 0.05) is 31.2 Å². The number of epoxide rings is 1. The SMILES string of the molecule is Cn1ccc(CN2N=Cc3c(n(C)c4cnc(CCl)cc34)C3OC32)n1. The Labute approximate surface area is 149 Å². The highest BCUT2D eigenvalue weighted by Gasteiger charge is 2.49. The van der Waals surface area contributed by atoms with E-state index in [2.05, 4.69) is 19.8 Å². The summed E-state index contributed by atoms with van der Waals surface area (Å²) < 4.78 is 9.90. The number of hydrogen-bond acceptors (Lipinski definition) is 5. The molecule has 0 saturated carbocycles. The molecule has 0 radical (unpaired) electrons. The molecule has 8 heteroatoms. The Morgan fingerprint density at radius 3 is 2.92 bits per heavy atom. The molecule has 2 atom stereocenters. The smallest absolute Gasteiger partial charge is 0.178 e. The molecule has 2 aliphatic rings. The van der Waals surface area contributed by atoms with Crippen molar-refractivity contribution >= 4 is 28.7 Å². The fourth-order valence-corrected chi connectivity index (χ4v) is 3.69. The molecule has 0 aromatic carbocycles. The highest BCUT2D eigenvalue weighted by molar-refractivity contribution is 6.17. The predicted molar refractivity (Wildman–Crippen MR) is 94.2 cm³/mol. The molecule has 0 amide bonds. The van der Waals surface area contributed by atoms with Gasteiger partial charge >= 0.3 is 0 Å². The molecule has 1 fully saturated rings. The number of nitrogens with zero attached hydrogens (tertiary/aromatic N) is 6. The van der Waals surface area contributed by atoms with Crippen LogP contribution in [0.1, 0.15) is 28.7 Å². The summed E-state index contributed by atoms with van der Waals surface area (Å²) in [5.41, 5.74) is 5.12. The van der Waals surface area contributed by atoms with E-state index in [0.29, 0.717) is 12.4 Å². The molecular formula is C17H17ClN6O. The molecule has 0 spiro atoms. The van der Waals surface area contributed by atoms with Crippen molar-refractivity contribution in [1.82, 2.24) is 24.3 Å². The third-order valence-electron chi connectivity index (χ3n) is 4.82. The van der Waals surface area contributed by atoms with Crippen LogP contribution in [0, 0.1) is 0 Å². The number of hydrazone groups is 1. The molecule has 2 aliphatic heterocycles. The Kier molecular flexibility index (Phi) is 3.17. The molecule has 5 rings (SSSR count). The summed E-state index contributed by atoms with van der Waals surface area (Å²) in [5.74, 6) is 0.394. The zero-order valence-corrected chi connectivity index (χ0v) is 14.7. The van der Waals surface area contributed by atoms with Crippen LogP contribution in [0.4, 0.5) is 0 Å². The minimum absolute atomic E-state index is 0.0121. The highest BCUT2D eigenvalue weighted by atomic mass is 35.5. The van der Waals surface area contributed by atoms with E-state index in [4.69, 9.17) is 16.3 Å². The molecule has 0 N–H and O–H groups in total. The lowest BCUT2D eigenvalue weighted by Gasteiger charge is -2.14. The molecule has 128 valence electrons. The van der Waals surface area contributed by atoms with Crippen molar-refractivity contribution in [3.8, 4) is 0 Å². The number of aromatic nitrogens is 4. The van der Waals surface area contributed by atoms with Crippen LogP contribution in [0.3, 0.4) is 0 Å². The van der Waals surface area contributed by atoms with Gasteiger partial charge in [-0.25, -0.2) is 0 Å². The van der Waals surface area contributed by atoms with E-state index in [9.17, 15) is 0 Å². The minimum Gasteiger partial charge on any atom is -0.343 e. The van der Waals surface area contributed by atoms with Gasteiger partial charge in [0.15, 0.2) is 6.23 Å². The van der Waals surface area contributed by atoms with Gasteiger partial charge in [0.05, 0.1) is 47.4 Å². The number of fused-ring (bicyclic) bond motifs is 5. The maximum absolute atomic E-state index is 5.96. The number of rotatable bonds is 3. The van der Waals surface area contributed by atoms with Gasteiger partial charge in [0.1, 0.15) is 6.10 Å². The van der Waals surface area contributed by atoms with E-state index < -0.39 is 0 Å². The van der Waals surface area contributed by atoms with Gasteiger partial charge in [0.25, 0.3) is 0 Å². The van der Waals surface area contributed by atoms with Crippen LogP contribution in [0.25, 0.3) is 10.9 Å². The van der Waals surface area contributed by atoms with Gasteiger partial charge in [-0.15, -0.1) is 11.6 Å². The average Bonchev–Trinajstić information content (AvgIpc) is 3.24. The lowest BCUT2D eigenvalue weighted by atomic mass is 10.1. The summed E-state index contributed by atoms with van der Waals surface area (Å²) in [4.78, 5) is 4.41. The second kappa shape index (κ2) is 5.31. The van der Waals surface area contributed by atoms with Crippen molar-refractivity contribution in [2.45, 2.75) is 24.8 Å². The fourth-order valence-electron chi connectivity index (χ4n) is 3.55. The number of aryl methyl sites for hydroxylation is 2. The number of pyridine rings is 1. The fraction of sp³-hybridized carbons (Fsp3) is 0.353. The zero-order valence-electron chi connectivity index (χ0n) is 13.9. The lowest BCUT2D eigenvalue weighted by Crippen LogP contribution is -2.21. The molecule has 0 bridgehead atoms. The third-order valence-corrected chi connectivity index (χ3v) is 5.10. The summed E-state index contributed by atoms with van der Waals surface area (Å²) in [7, 11) is 3.96. The second-order valence-electron chi connectivity index (χ2n) is 6.45. The van der Waals surface area contributed by atoms with Crippen LogP contribution >= 0.6 is 11.6 Å². The number of hydrogen-bond donors (Lipinski definition) is 0. The van der Waals surface area contributed by atoms with E-state index in [0.717, 1.165) is 33.5 Å². The first-order chi connectivity index (χ1) is 12.2. The Morgan fingerprint density at radius 2 is 2.16 bits per heavy atom. The van der Waals surface area contributed by atoms with E-state index in [1.54, 1.807) is 4.68 Å². The summed E-state index contributed by atoms with van der Waals surface area (Å²) in [6.07, 6.45) is 5.69. The van der Waals surface area contributed by atoms with Crippen LogP contribution in [-0.4, -0.2) is 36.8 Å². The first-order valence-electron chi connectivity index (χ1n) is 8.13. The number of ether oxygens (including phenoxy) is 1. The normalized spacial score (nSPS) is 21.3. The standard InChI is InChI=1S/C17H17ClN6O/c1-22-4-3-10(21-22)9-24-17-16(25-17)15-13(7-20-24)12-5-11(6-18)19-8-14(12)23(15)2/h3-5,7-8,16-17H,6,9H2,1-2H3. The zero-order chi connectivity index (χ0) is 17.1.